The number of benzene rings is 2. The minimum absolute atomic E-state index is 0.0370. The highest BCUT2D eigenvalue weighted by molar-refractivity contribution is 8.00. The van der Waals surface area contributed by atoms with E-state index in [0.29, 0.717) is 25.1 Å². The van der Waals surface area contributed by atoms with Crippen molar-refractivity contribution >= 4 is 17.7 Å². The molecule has 0 saturated carbocycles. The lowest BCUT2D eigenvalue weighted by Crippen LogP contribution is -2.46. The Hall–Kier alpha value is -2.71. The Morgan fingerprint density at radius 1 is 0.947 bits per heavy atom. The van der Waals surface area contributed by atoms with Crippen molar-refractivity contribution in [3.05, 3.63) is 102 Å². The second kappa shape index (κ2) is 15.6. The van der Waals surface area contributed by atoms with Crippen LogP contribution in [0.4, 0.5) is 0 Å². The first-order valence-corrected chi connectivity index (χ1v) is 14.3. The van der Waals surface area contributed by atoms with Crippen molar-refractivity contribution in [3.63, 3.8) is 0 Å². The molecule has 7 heteroatoms. The van der Waals surface area contributed by atoms with E-state index < -0.39 is 12.0 Å². The maximum Gasteiger partial charge on any atom is 0.233 e. The summed E-state index contributed by atoms with van der Waals surface area (Å²) < 4.78 is 5.71. The van der Waals surface area contributed by atoms with Gasteiger partial charge in [0.1, 0.15) is 0 Å². The number of nitrogens with one attached hydrogen (secondary N) is 2. The first kappa shape index (κ1) is 29.8. The molecule has 3 rings (SSSR count). The Kier molecular flexibility index (Phi) is 12.3. The second-order valence-electron chi connectivity index (χ2n) is 10.4. The third-order valence-corrected chi connectivity index (χ3v) is 7.27. The normalized spacial score (nSPS) is 14.0. The first-order chi connectivity index (χ1) is 18.3. The Balaban J connectivity index is 1.63. The lowest BCUT2D eigenvalue weighted by atomic mass is 10.1. The van der Waals surface area contributed by atoms with Crippen LogP contribution in [0, 0.1) is 0 Å². The summed E-state index contributed by atoms with van der Waals surface area (Å²) in [5.74, 6) is 0.676. The maximum absolute atomic E-state index is 13.3. The van der Waals surface area contributed by atoms with Crippen LogP contribution < -0.4 is 10.6 Å². The van der Waals surface area contributed by atoms with Crippen molar-refractivity contribution in [3.8, 4) is 0 Å². The van der Waals surface area contributed by atoms with Crippen molar-refractivity contribution in [2.45, 2.75) is 69.8 Å². The molecule has 1 unspecified atom stereocenters. The average Bonchev–Trinajstić information content (AvgIpc) is 2.89. The van der Waals surface area contributed by atoms with E-state index in [-0.39, 0.29) is 17.2 Å². The van der Waals surface area contributed by atoms with Crippen LogP contribution in [-0.2, 0) is 28.8 Å². The molecule has 0 aliphatic carbocycles. The number of hydrogen-bond acceptors (Lipinski definition) is 6. The van der Waals surface area contributed by atoms with Gasteiger partial charge in [-0.1, -0.05) is 66.7 Å². The van der Waals surface area contributed by atoms with E-state index >= 15 is 0 Å². The molecule has 0 spiro atoms. The van der Waals surface area contributed by atoms with Crippen LogP contribution in [0.1, 0.15) is 43.9 Å². The molecule has 0 aliphatic heterocycles. The number of hydrogen-bond donors (Lipinski definition) is 3. The number of aryl methyl sites for hydroxylation is 1. The second-order valence-corrected chi connectivity index (χ2v) is 11.6. The zero-order valence-electron chi connectivity index (χ0n) is 22.7. The number of thioether (sulfide) groups is 1. The summed E-state index contributed by atoms with van der Waals surface area (Å²) in [6.45, 7) is 6.34. The molecule has 3 N–H and O–H groups in total. The number of rotatable bonds is 15. The SMILES string of the molecule is CC(C)(C)OC(O)N[C@H](CS[C@H](Cc1ccccc1)C(=O)NCCCc1cccnc1)Cc1ccccc1. The van der Waals surface area contributed by atoms with Gasteiger partial charge in [-0.05, 0) is 69.2 Å². The van der Waals surface area contributed by atoms with Crippen LogP contribution in [0.15, 0.2) is 85.2 Å². The largest absolute Gasteiger partial charge is 0.356 e. The van der Waals surface area contributed by atoms with E-state index in [9.17, 15) is 9.90 Å². The molecule has 0 radical (unpaired) electrons. The van der Waals surface area contributed by atoms with Gasteiger partial charge in [0.25, 0.3) is 0 Å². The fourth-order valence-electron chi connectivity index (χ4n) is 4.09. The van der Waals surface area contributed by atoms with E-state index in [1.807, 2.05) is 69.4 Å². The Morgan fingerprint density at radius 3 is 2.18 bits per heavy atom. The predicted molar refractivity (Wildman–Crippen MR) is 156 cm³/mol. The van der Waals surface area contributed by atoms with Crippen LogP contribution in [0.2, 0.25) is 0 Å². The van der Waals surface area contributed by atoms with E-state index in [4.69, 9.17) is 4.74 Å². The number of pyridine rings is 1. The molecule has 1 aromatic heterocycles. The summed E-state index contributed by atoms with van der Waals surface area (Å²) >= 11 is 1.62. The van der Waals surface area contributed by atoms with Gasteiger partial charge in [0.05, 0.1) is 10.9 Å². The number of amides is 1. The summed E-state index contributed by atoms with van der Waals surface area (Å²) in [6.07, 6.45) is 5.62. The van der Waals surface area contributed by atoms with E-state index in [0.717, 1.165) is 24.0 Å². The molecular weight excluding hydrogens is 494 g/mol. The van der Waals surface area contributed by atoms with Crippen molar-refractivity contribution in [1.29, 1.82) is 0 Å². The monoisotopic (exact) mass is 535 g/mol. The fraction of sp³-hybridized carbons (Fsp3) is 0.419. The summed E-state index contributed by atoms with van der Waals surface area (Å²) in [7, 11) is 0. The van der Waals surface area contributed by atoms with Crippen LogP contribution in [0.5, 0.6) is 0 Å². The highest BCUT2D eigenvalue weighted by Crippen LogP contribution is 2.20. The van der Waals surface area contributed by atoms with Gasteiger partial charge in [-0.15, -0.1) is 11.8 Å². The number of carbonyl (C=O) groups excluding carboxylic acids is 1. The van der Waals surface area contributed by atoms with Gasteiger partial charge in [0.15, 0.2) is 0 Å². The standard InChI is InChI=1S/C31H41N3O3S/c1-31(2,3)37-30(36)34-27(20-24-12-6-4-7-13-24)23-38-28(21-25-14-8-5-9-15-25)29(35)33-19-11-17-26-16-10-18-32-22-26/h4-10,12-16,18,22,27-28,30,34,36H,11,17,19-21,23H2,1-3H3,(H,33,35)/t27-,28+,30?/m0/s1. The summed E-state index contributed by atoms with van der Waals surface area (Å²) in [5.41, 5.74) is 2.97. The number of aromatic nitrogens is 1. The van der Waals surface area contributed by atoms with Gasteiger partial charge in [-0.25, -0.2) is 0 Å². The van der Waals surface area contributed by atoms with Gasteiger partial charge in [0, 0.05) is 30.7 Å². The Morgan fingerprint density at radius 2 is 1.58 bits per heavy atom. The molecule has 2 aromatic carbocycles. The van der Waals surface area contributed by atoms with Gasteiger partial charge in [-0.3, -0.25) is 15.1 Å². The third-order valence-electron chi connectivity index (χ3n) is 5.89. The number of aliphatic hydroxyl groups excluding tert-OH is 1. The molecule has 38 heavy (non-hydrogen) atoms. The van der Waals surface area contributed by atoms with Gasteiger partial charge in [0.2, 0.25) is 12.3 Å². The minimum Gasteiger partial charge on any atom is -0.356 e. The number of aliphatic hydroxyl groups is 1. The zero-order valence-corrected chi connectivity index (χ0v) is 23.5. The predicted octanol–water partition coefficient (Wildman–Crippen LogP) is 4.77. The summed E-state index contributed by atoms with van der Waals surface area (Å²) in [5, 5.41) is 16.7. The van der Waals surface area contributed by atoms with Crippen molar-refractivity contribution < 1.29 is 14.6 Å². The van der Waals surface area contributed by atoms with E-state index in [1.54, 1.807) is 18.0 Å². The van der Waals surface area contributed by atoms with Crippen molar-refractivity contribution in [1.82, 2.24) is 15.6 Å². The Labute approximate surface area is 231 Å². The highest BCUT2D eigenvalue weighted by Gasteiger charge is 2.24. The summed E-state index contributed by atoms with van der Waals surface area (Å²) in [6, 6.07) is 24.2. The smallest absolute Gasteiger partial charge is 0.233 e. The molecular formula is C31H41N3O3S. The number of nitrogens with zero attached hydrogens (tertiary/aromatic N) is 1. The van der Waals surface area contributed by atoms with Gasteiger partial charge in [-0.2, -0.15) is 0 Å². The fourth-order valence-corrected chi connectivity index (χ4v) is 5.31. The van der Waals surface area contributed by atoms with Crippen molar-refractivity contribution in [2.75, 3.05) is 12.3 Å². The number of ether oxygens (including phenoxy) is 1. The minimum atomic E-state index is -1.10. The number of carbonyl (C=O) groups is 1. The van der Waals surface area contributed by atoms with Crippen LogP contribution >= 0.6 is 11.8 Å². The highest BCUT2D eigenvalue weighted by atomic mass is 32.2. The third kappa shape index (κ3) is 11.8. The molecule has 3 aromatic rings. The molecule has 3 atom stereocenters. The molecule has 0 saturated heterocycles. The molecule has 0 aliphatic rings. The maximum atomic E-state index is 13.3. The lowest BCUT2D eigenvalue weighted by Gasteiger charge is -2.29. The van der Waals surface area contributed by atoms with Crippen LogP contribution in [-0.4, -0.2) is 51.6 Å². The van der Waals surface area contributed by atoms with Gasteiger partial charge >= 0.3 is 0 Å². The quantitative estimate of drug-likeness (QED) is 0.192. The molecule has 1 amide bonds. The van der Waals surface area contributed by atoms with Crippen LogP contribution in [0.3, 0.4) is 0 Å². The molecule has 0 bridgehead atoms. The molecule has 1 heterocycles. The Bertz CT molecular complexity index is 1060. The van der Waals surface area contributed by atoms with Crippen molar-refractivity contribution in [2.24, 2.45) is 0 Å². The topological polar surface area (TPSA) is 83.5 Å². The molecule has 204 valence electrons. The lowest BCUT2D eigenvalue weighted by molar-refractivity contribution is -0.184. The first-order valence-electron chi connectivity index (χ1n) is 13.3. The molecule has 6 nitrogen and oxygen atoms in total. The van der Waals surface area contributed by atoms with Crippen LogP contribution in [0.25, 0.3) is 0 Å². The van der Waals surface area contributed by atoms with E-state index in [2.05, 4.69) is 45.9 Å². The molecule has 0 fully saturated rings. The summed E-state index contributed by atoms with van der Waals surface area (Å²) in [4.78, 5) is 17.5. The van der Waals surface area contributed by atoms with Gasteiger partial charge < -0.3 is 15.2 Å². The zero-order chi connectivity index (χ0) is 27.2. The van der Waals surface area contributed by atoms with E-state index in [1.165, 1.54) is 5.56 Å². The average molecular weight is 536 g/mol.